The molecule has 1 unspecified atom stereocenters. The summed E-state index contributed by atoms with van der Waals surface area (Å²) < 4.78 is 1.24. The van der Waals surface area contributed by atoms with Crippen molar-refractivity contribution in [3.05, 3.63) is 54.7 Å². The van der Waals surface area contributed by atoms with E-state index >= 15 is 0 Å². The Kier molecular flexibility index (Phi) is 6.10. The highest BCUT2D eigenvalue weighted by molar-refractivity contribution is 9.11. The summed E-state index contributed by atoms with van der Waals surface area (Å²) in [6.07, 6.45) is 3.28. The van der Waals surface area contributed by atoms with Gasteiger partial charge in [0.05, 0.1) is 8.61 Å². The molecule has 114 valence electrons. The zero-order valence-electron chi connectivity index (χ0n) is 13.1. The summed E-state index contributed by atoms with van der Waals surface area (Å²) in [4.78, 5) is 1.68. The van der Waals surface area contributed by atoms with Crippen molar-refractivity contribution in [1.82, 2.24) is 0 Å². The maximum absolute atomic E-state index is 3.96. The first-order valence-electron chi connectivity index (χ1n) is 7.56. The van der Waals surface area contributed by atoms with Gasteiger partial charge in [-0.2, -0.15) is 0 Å². The second kappa shape index (κ2) is 7.43. The molecular weight excluding hydrogens is 408 g/mol. The van der Waals surface area contributed by atoms with E-state index in [9.17, 15) is 0 Å². The van der Waals surface area contributed by atoms with Crippen molar-refractivity contribution in [1.29, 1.82) is 0 Å². The zero-order chi connectivity index (χ0) is 15.6. The molecule has 0 aliphatic carbocycles. The van der Waals surface area contributed by atoms with Gasteiger partial charge >= 0.3 is 0 Å². The highest BCUT2D eigenvalue weighted by Crippen LogP contribution is 2.42. The Hall–Kier alpha value is -0.120. The molecule has 0 saturated carbocycles. The van der Waals surface area contributed by atoms with Gasteiger partial charge in [-0.3, -0.25) is 0 Å². The molecule has 0 saturated heterocycles. The predicted octanol–water partition coefficient (Wildman–Crippen LogP) is 6.99. The minimum absolute atomic E-state index is 0.295. The molecule has 0 N–H and O–H groups in total. The Labute approximate surface area is 149 Å². The third-order valence-corrected chi connectivity index (χ3v) is 7.42. The summed E-state index contributed by atoms with van der Waals surface area (Å²) in [5.41, 5.74) is 7.22. The molecule has 0 fully saturated rings. The van der Waals surface area contributed by atoms with E-state index in [-0.39, 0.29) is 0 Å². The third kappa shape index (κ3) is 3.62. The van der Waals surface area contributed by atoms with Gasteiger partial charge in [-0.15, -0.1) is 11.3 Å². The van der Waals surface area contributed by atoms with E-state index in [1.165, 1.54) is 36.5 Å². The molecule has 2 rings (SSSR count). The minimum Gasteiger partial charge on any atom is -0.131 e. The van der Waals surface area contributed by atoms with Crippen molar-refractivity contribution in [2.24, 2.45) is 0 Å². The molecule has 0 aliphatic rings. The Morgan fingerprint density at radius 1 is 1.00 bits per heavy atom. The van der Waals surface area contributed by atoms with Gasteiger partial charge in [0.25, 0.3) is 0 Å². The second-order valence-corrected chi connectivity index (χ2v) is 8.67. The first-order valence-corrected chi connectivity index (χ1v) is 10.1. The molecule has 0 radical (unpaired) electrons. The van der Waals surface area contributed by atoms with Gasteiger partial charge in [0, 0.05) is 4.88 Å². The molecule has 0 bridgehead atoms. The zero-order valence-corrected chi connectivity index (χ0v) is 17.1. The molecule has 0 aliphatic heterocycles. The molecule has 0 amide bonds. The van der Waals surface area contributed by atoms with Crippen LogP contribution >= 0.6 is 43.2 Å². The summed E-state index contributed by atoms with van der Waals surface area (Å²) in [6, 6.07) is 7.07. The fourth-order valence-electron chi connectivity index (χ4n) is 2.72. The van der Waals surface area contributed by atoms with E-state index in [1.807, 2.05) is 11.3 Å². The average molecular weight is 430 g/mol. The van der Waals surface area contributed by atoms with Crippen molar-refractivity contribution in [2.45, 2.75) is 51.8 Å². The number of aryl methyl sites for hydroxylation is 4. The first-order chi connectivity index (χ1) is 10.0. The van der Waals surface area contributed by atoms with Gasteiger partial charge in [-0.1, -0.05) is 48.8 Å². The summed E-state index contributed by atoms with van der Waals surface area (Å²) in [5, 5.41) is 0. The molecule has 0 nitrogen and oxygen atoms in total. The van der Waals surface area contributed by atoms with Crippen LogP contribution in [-0.4, -0.2) is 0 Å². The topological polar surface area (TPSA) is 0 Å². The SMILES string of the molecule is CCc1cc(CC)c(C(Br)c2cc(C)c(Br)s2)c(CC)c1. The maximum Gasteiger partial charge on any atom is 0.0743 e. The van der Waals surface area contributed by atoms with Crippen LogP contribution in [0.4, 0.5) is 0 Å². The second-order valence-electron chi connectivity index (χ2n) is 5.36. The van der Waals surface area contributed by atoms with E-state index < -0.39 is 0 Å². The third-order valence-electron chi connectivity index (χ3n) is 3.96. The minimum atomic E-state index is 0.295. The molecule has 1 heterocycles. The molecule has 3 heteroatoms. The molecule has 1 atom stereocenters. The lowest BCUT2D eigenvalue weighted by Gasteiger charge is -2.19. The highest BCUT2D eigenvalue weighted by Gasteiger charge is 2.20. The first kappa shape index (κ1) is 17.2. The summed E-state index contributed by atoms with van der Waals surface area (Å²) >= 11 is 9.44. The summed E-state index contributed by atoms with van der Waals surface area (Å²) in [5.74, 6) is 0. The van der Waals surface area contributed by atoms with Crippen LogP contribution in [0.3, 0.4) is 0 Å². The Morgan fingerprint density at radius 2 is 1.57 bits per heavy atom. The highest BCUT2D eigenvalue weighted by atomic mass is 79.9. The smallest absolute Gasteiger partial charge is 0.0743 e. The molecule has 1 aromatic heterocycles. The Balaban J connectivity index is 2.55. The number of alkyl halides is 1. The number of halogens is 2. The summed E-state index contributed by atoms with van der Waals surface area (Å²) in [7, 11) is 0. The molecular formula is C18H22Br2S. The Bertz CT molecular complexity index is 584. The number of rotatable bonds is 5. The van der Waals surface area contributed by atoms with Crippen molar-refractivity contribution in [3.63, 3.8) is 0 Å². The van der Waals surface area contributed by atoms with Gasteiger partial charge < -0.3 is 0 Å². The molecule has 1 aromatic carbocycles. The average Bonchev–Trinajstić information content (AvgIpc) is 2.84. The summed E-state index contributed by atoms with van der Waals surface area (Å²) in [6.45, 7) is 8.91. The monoisotopic (exact) mass is 428 g/mol. The standard InChI is InChI=1S/C18H22Br2S/c1-5-12-9-13(6-2)16(14(7-3)10-12)17(19)15-8-11(4)18(20)21-15/h8-10,17H,5-7H2,1-4H3. The fraction of sp³-hybridized carbons (Fsp3) is 0.444. The van der Waals surface area contributed by atoms with Gasteiger partial charge in [-0.05, 0) is 76.0 Å². The van der Waals surface area contributed by atoms with E-state index in [0.29, 0.717) is 4.83 Å². The van der Waals surface area contributed by atoms with Crippen molar-refractivity contribution >= 4 is 43.2 Å². The number of hydrogen-bond donors (Lipinski definition) is 0. The van der Waals surface area contributed by atoms with E-state index in [1.54, 1.807) is 0 Å². The number of hydrogen-bond acceptors (Lipinski definition) is 1. The van der Waals surface area contributed by atoms with Gasteiger partial charge in [0.15, 0.2) is 0 Å². The van der Waals surface area contributed by atoms with Crippen molar-refractivity contribution in [3.8, 4) is 0 Å². The lowest BCUT2D eigenvalue weighted by Crippen LogP contribution is -2.04. The lowest BCUT2D eigenvalue weighted by atomic mass is 9.91. The van der Waals surface area contributed by atoms with Crippen LogP contribution in [0.5, 0.6) is 0 Å². The van der Waals surface area contributed by atoms with Crippen LogP contribution in [0.25, 0.3) is 0 Å². The van der Waals surface area contributed by atoms with E-state index in [2.05, 4.69) is 77.8 Å². The quantitative estimate of drug-likeness (QED) is 0.449. The molecule has 0 spiro atoms. The van der Waals surface area contributed by atoms with Gasteiger partial charge in [0.1, 0.15) is 0 Å². The normalized spacial score (nSPS) is 12.7. The molecule has 2 aromatic rings. The predicted molar refractivity (Wildman–Crippen MR) is 102 cm³/mol. The van der Waals surface area contributed by atoms with Crippen LogP contribution in [0.1, 0.15) is 58.3 Å². The van der Waals surface area contributed by atoms with Gasteiger partial charge in [-0.25, -0.2) is 0 Å². The van der Waals surface area contributed by atoms with E-state index in [0.717, 1.165) is 19.3 Å². The Morgan fingerprint density at radius 3 is 1.95 bits per heavy atom. The molecule has 21 heavy (non-hydrogen) atoms. The van der Waals surface area contributed by atoms with Crippen LogP contribution < -0.4 is 0 Å². The van der Waals surface area contributed by atoms with Crippen molar-refractivity contribution < 1.29 is 0 Å². The van der Waals surface area contributed by atoms with Gasteiger partial charge in [0.2, 0.25) is 0 Å². The van der Waals surface area contributed by atoms with Crippen LogP contribution in [0.2, 0.25) is 0 Å². The largest absolute Gasteiger partial charge is 0.131 e. The van der Waals surface area contributed by atoms with Crippen LogP contribution in [0.15, 0.2) is 22.0 Å². The van der Waals surface area contributed by atoms with Crippen LogP contribution in [-0.2, 0) is 19.3 Å². The fourth-order valence-corrected chi connectivity index (χ4v) is 5.28. The maximum atomic E-state index is 3.96. The van der Waals surface area contributed by atoms with Crippen molar-refractivity contribution in [2.75, 3.05) is 0 Å². The number of benzene rings is 1. The van der Waals surface area contributed by atoms with Crippen LogP contribution in [0, 0.1) is 6.92 Å². The number of thiophene rings is 1. The lowest BCUT2D eigenvalue weighted by molar-refractivity contribution is 0.981. The van der Waals surface area contributed by atoms with E-state index in [4.69, 9.17) is 0 Å².